The Bertz CT molecular complexity index is 1120. The number of fused-ring (bicyclic) bond motifs is 1. The van der Waals surface area contributed by atoms with Crippen molar-refractivity contribution in [1.82, 2.24) is 19.4 Å². The van der Waals surface area contributed by atoms with Crippen LogP contribution < -0.4 is 4.74 Å². The normalized spacial score (nSPS) is 12.9. The number of carbonyl (C=O) groups is 2. The van der Waals surface area contributed by atoms with Crippen molar-refractivity contribution in [1.29, 1.82) is 0 Å². The molecular formula is C23H23F3N4O4. The highest BCUT2D eigenvalue weighted by Gasteiger charge is 2.38. The molecule has 0 spiro atoms. The van der Waals surface area contributed by atoms with Crippen LogP contribution in [0.5, 0.6) is 5.88 Å². The lowest BCUT2D eigenvalue weighted by Crippen LogP contribution is -2.38. The average Bonchev–Trinajstić information content (AvgIpc) is 3.26. The molecule has 4 rings (SSSR count). The van der Waals surface area contributed by atoms with Crippen molar-refractivity contribution in [3.8, 4) is 17.1 Å². The molecular weight excluding hydrogens is 453 g/mol. The molecule has 1 N–H and O–H groups in total. The number of carboxylic acid groups (broad SMARTS) is 1. The van der Waals surface area contributed by atoms with Crippen molar-refractivity contribution in [2.24, 2.45) is 0 Å². The van der Waals surface area contributed by atoms with Gasteiger partial charge >= 0.3 is 12.1 Å². The highest BCUT2D eigenvalue weighted by molar-refractivity contribution is 5.76. The minimum absolute atomic E-state index is 0.181. The first-order valence-electron chi connectivity index (χ1n) is 10.4. The third-order valence-corrected chi connectivity index (χ3v) is 5.17. The highest BCUT2D eigenvalue weighted by Crippen LogP contribution is 2.25. The van der Waals surface area contributed by atoms with Crippen LogP contribution in [0.4, 0.5) is 13.2 Å². The van der Waals surface area contributed by atoms with E-state index >= 15 is 0 Å². The summed E-state index contributed by atoms with van der Waals surface area (Å²) in [5, 5.41) is 7.12. The third-order valence-electron chi connectivity index (χ3n) is 5.17. The van der Waals surface area contributed by atoms with Crippen LogP contribution in [0.1, 0.15) is 17.8 Å². The van der Waals surface area contributed by atoms with Crippen molar-refractivity contribution in [2.45, 2.75) is 32.1 Å². The van der Waals surface area contributed by atoms with E-state index in [4.69, 9.17) is 14.6 Å². The van der Waals surface area contributed by atoms with Gasteiger partial charge < -0.3 is 19.3 Å². The Morgan fingerprint density at radius 1 is 1.06 bits per heavy atom. The van der Waals surface area contributed by atoms with Crippen LogP contribution >= 0.6 is 0 Å². The quantitative estimate of drug-likeness (QED) is 0.605. The Morgan fingerprint density at radius 2 is 1.76 bits per heavy atom. The Kier molecular flexibility index (Phi) is 7.87. The third kappa shape index (κ3) is 6.33. The molecule has 3 aromatic rings. The molecule has 2 aromatic heterocycles. The first-order chi connectivity index (χ1) is 16.2. The number of nitrogens with zero attached hydrogens (tertiary/aromatic N) is 4. The van der Waals surface area contributed by atoms with E-state index in [1.54, 1.807) is 13.3 Å². The molecule has 180 valence electrons. The highest BCUT2D eigenvalue weighted by atomic mass is 19.4. The van der Waals surface area contributed by atoms with Crippen molar-refractivity contribution in [3.63, 3.8) is 0 Å². The zero-order chi connectivity index (χ0) is 24.7. The molecule has 0 bridgehead atoms. The fourth-order valence-electron chi connectivity index (χ4n) is 3.41. The Morgan fingerprint density at radius 3 is 2.35 bits per heavy atom. The van der Waals surface area contributed by atoms with Crippen LogP contribution in [0, 0.1) is 0 Å². The monoisotopic (exact) mass is 476 g/mol. The summed E-state index contributed by atoms with van der Waals surface area (Å²) in [6.07, 6.45) is -0.134. The molecule has 0 radical (unpaired) electrons. The molecule has 11 heteroatoms. The number of aliphatic carboxylic acids is 1. The molecule has 0 atom stereocenters. The van der Waals surface area contributed by atoms with Crippen LogP contribution in [-0.2, 0) is 29.1 Å². The van der Waals surface area contributed by atoms with Gasteiger partial charge in [0.05, 0.1) is 25.5 Å². The van der Waals surface area contributed by atoms with Gasteiger partial charge in [0.2, 0.25) is 11.8 Å². The number of pyridine rings is 1. The summed E-state index contributed by atoms with van der Waals surface area (Å²) < 4.78 is 39.0. The van der Waals surface area contributed by atoms with E-state index < -0.39 is 12.1 Å². The van der Waals surface area contributed by atoms with E-state index in [9.17, 15) is 18.0 Å². The fraction of sp³-hybridized carbons (Fsp3) is 0.304. The number of benzene rings is 1. The summed E-state index contributed by atoms with van der Waals surface area (Å²) in [4.78, 5) is 32.2. The summed E-state index contributed by atoms with van der Waals surface area (Å²) in [5.41, 5.74) is 3.22. The second kappa shape index (κ2) is 10.8. The number of hydrogen-bond donors (Lipinski definition) is 1. The molecule has 34 heavy (non-hydrogen) atoms. The number of halogens is 3. The second-order valence-corrected chi connectivity index (χ2v) is 7.40. The van der Waals surface area contributed by atoms with Crippen molar-refractivity contribution < 1.29 is 32.6 Å². The minimum atomic E-state index is -5.08. The SMILES string of the molecule is COc1ccc(-c2cnc3n2CCN(C(=O)CCc2ccccc2)C3)cn1.O=C(O)C(F)(F)F. The standard InChI is InChI=1S/C21H22N4O2.C2HF3O2/c1-27-20-9-8-17(13-23-20)18-14-22-19-15-24(11-12-25(18)19)21(26)10-7-16-5-3-2-4-6-16;3-2(4,5)1(6)7/h2-6,8-9,13-14H,7,10-12,15H2,1H3;(H,6,7). The van der Waals surface area contributed by atoms with Crippen molar-refractivity contribution >= 4 is 11.9 Å². The van der Waals surface area contributed by atoms with Gasteiger partial charge in [-0.1, -0.05) is 30.3 Å². The van der Waals surface area contributed by atoms with Gasteiger partial charge in [-0.3, -0.25) is 4.79 Å². The zero-order valence-corrected chi connectivity index (χ0v) is 18.3. The number of carboxylic acids is 1. The Balaban J connectivity index is 0.000000406. The molecule has 1 aromatic carbocycles. The number of methoxy groups -OCH3 is 1. The fourth-order valence-corrected chi connectivity index (χ4v) is 3.41. The minimum Gasteiger partial charge on any atom is -0.481 e. The maximum Gasteiger partial charge on any atom is 0.490 e. The largest absolute Gasteiger partial charge is 0.490 e. The van der Waals surface area contributed by atoms with E-state index in [1.807, 2.05) is 41.4 Å². The van der Waals surface area contributed by atoms with Gasteiger partial charge in [-0.15, -0.1) is 0 Å². The number of carbonyl (C=O) groups excluding carboxylic acids is 1. The average molecular weight is 476 g/mol. The number of hydrogen-bond acceptors (Lipinski definition) is 5. The molecule has 1 amide bonds. The van der Waals surface area contributed by atoms with Crippen molar-refractivity contribution in [2.75, 3.05) is 13.7 Å². The van der Waals surface area contributed by atoms with Gasteiger partial charge in [0, 0.05) is 37.3 Å². The number of amides is 1. The molecule has 1 aliphatic heterocycles. The van der Waals surface area contributed by atoms with Crippen LogP contribution in [0.25, 0.3) is 11.3 Å². The topological polar surface area (TPSA) is 97.5 Å². The maximum absolute atomic E-state index is 12.6. The molecule has 1 aliphatic rings. The summed E-state index contributed by atoms with van der Waals surface area (Å²) in [6, 6.07) is 14.0. The van der Waals surface area contributed by atoms with Gasteiger partial charge in [-0.2, -0.15) is 13.2 Å². The molecule has 0 saturated heterocycles. The number of aromatic nitrogens is 3. The van der Waals surface area contributed by atoms with Crippen LogP contribution in [0.2, 0.25) is 0 Å². The van der Waals surface area contributed by atoms with E-state index in [1.165, 1.54) is 5.56 Å². The molecule has 8 nitrogen and oxygen atoms in total. The van der Waals surface area contributed by atoms with E-state index in [2.05, 4.69) is 26.7 Å². The van der Waals surface area contributed by atoms with Crippen LogP contribution in [0.3, 0.4) is 0 Å². The summed E-state index contributed by atoms with van der Waals surface area (Å²) in [7, 11) is 1.60. The lowest BCUT2D eigenvalue weighted by molar-refractivity contribution is -0.192. The lowest BCUT2D eigenvalue weighted by Gasteiger charge is -2.28. The number of rotatable bonds is 5. The van der Waals surface area contributed by atoms with Gasteiger partial charge in [0.25, 0.3) is 0 Å². The molecule has 0 saturated carbocycles. The van der Waals surface area contributed by atoms with Gasteiger partial charge in [0.15, 0.2) is 0 Å². The molecule has 0 fully saturated rings. The second-order valence-electron chi connectivity index (χ2n) is 7.40. The van der Waals surface area contributed by atoms with Gasteiger partial charge in [-0.05, 0) is 18.1 Å². The van der Waals surface area contributed by atoms with Gasteiger partial charge in [0.1, 0.15) is 5.82 Å². The number of ether oxygens (including phenoxy) is 1. The van der Waals surface area contributed by atoms with E-state index in [-0.39, 0.29) is 5.91 Å². The summed E-state index contributed by atoms with van der Waals surface area (Å²) in [5.74, 6) is -1.07. The predicted octanol–water partition coefficient (Wildman–Crippen LogP) is 3.56. The van der Waals surface area contributed by atoms with Crippen molar-refractivity contribution in [3.05, 3.63) is 66.2 Å². The molecule has 3 heterocycles. The van der Waals surface area contributed by atoms with E-state index in [0.717, 1.165) is 30.0 Å². The zero-order valence-electron chi connectivity index (χ0n) is 18.3. The van der Waals surface area contributed by atoms with Crippen LogP contribution in [-0.4, -0.2) is 56.2 Å². The number of alkyl halides is 3. The summed E-state index contributed by atoms with van der Waals surface area (Å²) >= 11 is 0. The smallest absolute Gasteiger partial charge is 0.481 e. The first kappa shape index (κ1) is 24.7. The first-order valence-corrected chi connectivity index (χ1v) is 10.4. The molecule has 0 aliphatic carbocycles. The maximum atomic E-state index is 12.6. The number of imidazole rings is 1. The lowest BCUT2D eigenvalue weighted by atomic mass is 10.1. The van der Waals surface area contributed by atoms with Crippen LogP contribution in [0.15, 0.2) is 54.9 Å². The van der Waals surface area contributed by atoms with Gasteiger partial charge in [-0.25, -0.2) is 14.8 Å². The molecule has 0 unspecified atom stereocenters. The summed E-state index contributed by atoms with van der Waals surface area (Å²) in [6.45, 7) is 2.00. The number of aryl methyl sites for hydroxylation is 1. The predicted molar refractivity (Wildman–Crippen MR) is 116 cm³/mol. The Hall–Kier alpha value is -3.89. The van der Waals surface area contributed by atoms with E-state index in [0.29, 0.717) is 25.4 Å². The Labute approximate surface area is 193 Å².